The van der Waals surface area contributed by atoms with Crippen molar-refractivity contribution in [1.82, 2.24) is 18.8 Å². The molecule has 0 aliphatic carbocycles. The van der Waals surface area contributed by atoms with Crippen molar-refractivity contribution in [2.45, 2.75) is 17.9 Å². The Kier molecular flexibility index (Phi) is 6.78. The van der Waals surface area contributed by atoms with Gasteiger partial charge in [-0.2, -0.15) is 4.31 Å². The zero-order valence-electron chi connectivity index (χ0n) is 20.4. The maximum atomic E-state index is 13.6. The number of halogens is 1. The fourth-order valence-corrected chi connectivity index (χ4v) is 6.08. The molecular weight excluding hydrogens is 513 g/mol. The lowest BCUT2D eigenvalue weighted by atomic mass is 10.1. The van der Waals surface area contributed by atoms with Crippen LogP contribution in [0.3, 0.4) is 0 Å². The molecule has 1 aliphatic rings. The smallest absolute Gasteiger partial charge is 0.269 e. The average Bonchev–Trinajstić information content (AvgIpc) is 2.93. The number of benzene rings is 3. The van der Waals surface area contributed by atoms with E-state index >= 15 is 0 Å². The normalized spacial score (nSPS) is 15.9. The van der Waals surface area contributed by atoms with Gasteiger partial charge in [0.15, 0.2) is 0 Å². The number of hydrogen-bond donors (Lipinski definition) is 0. The molecule has 12 heteroatoms. The van der Waals surface area contributed by atoms with Gasteiger partial charge < -0.3 is 0 Å². The van der Waals surface area contributed by atoms with Crippen molar-refractivity contribution >= 4 is 26.6 Å². The third-order valence-corrected chi connectivity index (χ3v) is 8.68. The summed E-state index contributed by atoms with van der Waals surface area (Å²) in [6.45, 7) is 3.03. The predicted molar refractivity (Wildman–Crippen MR) is 139 cm³/mol. The minimum absolute atomic E-state index is 0.00839. The Morgan fingerprint density at radius 1 is 0.947 bits per heavy atom. The van der Waals surface area contributed by atoms with Gasteiger partial charge in [-0.15, -0.1) is 0 Å². The number of hydrogen-bond acceptors (Lipinski definition) is 7. The van der Waals surface area contributed by atoms with E-state index in [0.29, 0.717) is 35.5 Å². The van der Waals surface area contributed by atoms with Crippen LogP contribution in [0.1, 0.15) is 18.8 Å². The van der Waals surface area contributed by atoms with Crippen molar-refractivity contribution in [3.63, 3.8) is 0 Å². The number of para-hydroxylation sites is 1. The number of non-ortho nitro benzene ring substituents is 1. The Hall–Kier alpha value is -4.00. The summed E-state index contributed by atoms with van der Waals surface area (Å²) in [6, 6.07) is 17.1. The minimum Gasteiger partial charge on any atom is -0.291 e. The summed E-state index contributed by atoms with van der Waals surface area (Å²) < 4.78 is 42.7. The number of piperazine rings is 1. The monoisotopic (exact) mass is 537 g/mol. The van der Waals surface area contributed by atoms with Gasteiger partial charge in [0, 0.05) is 38.3 Å². The fraction of sp³-hybridized carbons (Fsp3) is 0.231. The number of nitro groups is 1. The van der Waals surface area contributed by atoms with Gasteiger partial charge >= 0.3 is 0 Å². The number of nitrogens with zero attached hydrogens (tertiary/aromatic N) is 5. The molecule has 0 radical (unpaired) electrons. The van der Waals surface area contributed by atoms with E-state index in [9.17, 15) is 27.7 Å². The molecule has 0 N–H and O–H groups in total. The molecule has 0 spiro atoms. The highest BCUT2D eigenvalue weighted by atomic mass is 32.2. The zero-order valence-corrected chi connectivity index (χ0v) is 21.2. The van der Waals surface area contributed by atoms with Crippen molar-refractivity contribution in [2.75, 3.05) is 26.2 Å². The Bertz CT molecular complexity index is 1670. The van der Waals surface area contributed by atoms with Crippen LogP contribution in [0.15, 0.2) is 82.5 Å². The molecule has 1 unspecified atom stereocenters. The largest absolute Gasteiger partial charge is 0.291 e. The first-order valence-electron chi connectivity index (χ1n) is 11.9. The molecular formula is C26H24FN5O5S. The van der Waals surface area contributed by atoms with E-state index < -0.39 is 20.8 Å². The van der Waals surface area contributed by atoms with Gasteiger partial charge in [-0.1, -0.05) is 12.1 Å². The Balaban J connectivity index is 1.43. The summed E-state index contributed by atoms with van der Waals surface area (Å²) in [6.07, 6.45) is 0. The van der Waals surface area contributed by atoms with Crippen molar-refractivity contribution in [3.05, 3.63) is 105 Å². The second-order valence-electron chi connectivity index (χ2n) is 8.97. The summed E-state index contributed by atoms with van der Waals surface area (Å²) in [4.78, 5) is 30.6. The van der Waals surface area contributed by atoms with E-state index in [1.54, 1.807) is 24.3 Å². The van der Waals surface area contributed by atoms with Gasteiger partial charge in [0.05, 0.1) is 32.5 Å². The van der Waals surface area contributed by atoms with E-state index in [2.05, 4.69) is 0 Å². The van der Waals surface area contributed by atoms with Gasteiger partial charge in [-0.05, 0) is 55.5 Å². The van der Waals surface area contributed by atoms with Crippen LogP contribution in [0, 0.1) is 15.9 Å². The summed E-state index contributed by atoms with van der Waals surface area (Å²) in [5.74, 6) is 0.0440. The van der Waals surface area contributed by atoms with Crippen molar-refractivity contribution in [3.8, 4) is 5.69 Å². The van der Waals surface area contributed by atoms with Gasteiger partial charge in [0.2, 0.25) is 10.0 Å². The maximum Gasteiger partial charge on any atom is 0.269 e. The van der Waals surface area contributed by atoms with Gasteiger partial charge in [0.1, 0.15) is 11.6 Å². The van der Waals surface area contributed by atoms with Crippen LogP contribution in [0.25, 0.3) is 16.6 Å². The Morgan fingerprint density at radius 2 is 1.58 bits per heavy atom. The van der Waals surface area contributed by atoms with Gasteiger partial charge in [-0.25, -0.2) is 17.8 Å². The lowest BCUT2D eigenvalue weighted by Crippen LogP contribution is -2.49. The molecule has 4 aromatic rings. The topological polar surface area (TPSA) is 119 Å². The molecule has 2 heterocycles. The molecule has 1 fully saturated rings. The third-order valence-electron chi connectivity index (χ3n) is 6.77. The van der Waals surface area contributed by atoms with E-state index in [1.165, 1.54) is 57.4 Å². The van der Waals surface area contributed by atoms with Crippen molar-refractivity contribution in [2.24, 2.45) is 0 Å². The fourth-order valence-electron chi connectivity index (χ4n) is 4.65. The highest BCUT2D eigenvalue weighted by Crippen LogP contribution is 2.26. The number of nitro benzene ring substituents is 1. The van der Waals surface area contributed by atoms with E-state index in [4.69, 9.17) is 4.98 Å². The zero-order chi connectivity index (χ0) is 27.0. The first-order chi connectivity index (χ1) is 18.2. The molecule has 196 valence electrons. The first kappa shape index (κ1) is 25.6. The summed E-state index contributed by atoms with van der Waals surface area (Å²) in [7, 11) is -3.83. The molecule has 10 nitrogen and oxygen atoms in total. The summed E-state index contributed by atoms with van der Waals surface area (Å²) >= 11 is 0. The standard InChI is InChI=1S/C26H24FN5O5S/c1-18(29-14-16-30(17-15-29)38(36,37)22-12-10-21(11-13-22)32(34)35)25-28-24-5-3-2-4-23(24)26(33)31(25)20-8-6-19(27)7-9-20/h2-13,18H,14-17H2,1H3. The van der Waals surface area contributed by atoms with Crippen LogP contribution in [0.2, 0.25) is 0 Å². The molecule has 0 amide bonds. The number of rotatable bonds is 6. The van der Waals surface area contributed by atoms with Crippen molar-refractivity contribution < 1.29 is 17.7 Å². The lowest BCUT2D eigenvalue weighted by Gasteiger charge is -2.37. The molecule has 5 rings (SSSR count). The van der Waals surface area contributed by atoms with Crippen LogP contribution in [0.4, 0.5) is 10.1 Å². The van der Waals surface area contributed by atoms with Crippen molar-refractivity contribution in [1.29, 1.82) is 0 Å². The number of fused-ring (bicyclic) bond motifs is 1. The van der Waals surface area contributed by atoms with Crippen LogP contribution in [-0.2, 0) is 10.0 Å². The van der Waals surface area contributed by atoms with Gasteiger partial charge in [0.25, 0.3) is 11.2 Å². The van der Waals surface area contributed by atoms with Crippen LogP contribution in [0.5, 0.6) is 0 Å². The number of aromatic nitrogens is 2. The molecule has 1 saturated heterocycles. The molecule has 1 aliphatic heterocycles. The third kappa shape index (κ3) is 4.69. The molecule has 1 atom stereocenters. The number of sulfonamides is 1. The second kappa shape index (κ2) is 10.0. The van der Waals surface area contributed by atoms with Crippen LogP contribution in [-0.4, -0.2) is 58.3 Å². The second-order valence-corrected chi connectivity index (χ2v) is 10.9. The van der Waals surface area contributed by atoms with E-state index in [1.807, 2.05) is 11.8 Å². The Labute approximate surface area is 217 Å². The van der Waals surface area contributed by atoms with Crippen LogP contribution < -0.4 is 5.56 Å². The molecule has 38 heavy (non-hydrogen) atoms. The molecule has 3 aromatic carbocycles. The lowest BCUT2D eigenvalue weighted by molar-refractivity contribution is -0.384. The highest BCUT2D eigenvalue weighted by Gasteiger charge is 2.32. The molecule has 0 bridgehead atoms. The van der Waals surface area contributed by atoms with Gasteiger partial charge in [-0.3, -0.25) is 24.4 Å². The quantitative estimate of drug-likeness (QED) is 0.273. The SMILES string of the molecule is CC(c1nc2ccccc2c(=O)n1-c1ccc(F)cc1)N1CCN(S(=O)(=O)c2ccc([N+](=O)[O-])cc2)CC1. The Morgan fingerprint density at radius 3 is 2.21 bits per heavy atom. The average molecular weight is 538 g/mol. The first-order valence-corrected chi connectivity index (χ1v) is 13.4. The van der Waals surface area contributed by atoms with E-state index in [-0.39, 0.29) is 35.3 Å². The minimum atomic E-state index is -3.83. The molecule has 1 aromatic heterocycles. The predicted octanol–water partition coefficient (Wildman–Crippen LogP) is 3.50. The highest BCUT2D eigenvalue weighted by molar-refractivity contribution is 7.89. The van der Waals surface area contributed by atoms with Crippen LogP contribution >= 0.6 is 0 Å². The summed E-state index contributed by atoms with van der Waals surface area (Å²) in [5.41, 5.74) is 0.564. The summed E-state index contributed by atoms with van der Waals surface area (Å²) in [5, 5.41) is 11.3. The van der Waals surface area contributed by atoms with E-state index in [0.717, 1.165) is 0 Å². The molecule has 0 saturated carbocycles. The maximum absolute atomic E-state index is 13.6.